The number of rotatable bonds is 6. The molecule has 1 amide bonds. The third-order valence-electron chi connectivity index (χ3n) is 5.08. The van der Waals surface area contributed by atoms with E-state index >= 15 is 0 Å². The molecule has 6 heteroatoms. The number of carbonyl (C=O) groups excluding carboxylic acids is 1. The SMILES string of the molecule is CCC(C)Oc1cccc(C(=O)NC(=S)Nc2ccccc2N2CCCCC2)c1. The Morgan fingerprint density at radius 1 is 1.14 bits per heavy atom. The van der Waals surface area contributed by atoms with E-state index in [1.807, 2.05) is 37.3 Å². The lowest BCUT2D eigenvalue weighted by Gasteiger charge is -2.30. The smallest absolute Gasteiger partial charge is 0.257 e. The highest BCUT2D eigenvalue weighted by Crippen LogP contribution is 2.28. The molecule has 1 heterocycles. The molecular formula is C23H29N3O2S. The largest absolute Gasteiger partial charge is 0.491 e. The Balaban J connectivity index is 1.64. The number of benzene rings is 2. The van der Waals surface area contributed by atoms with Gasteiger partial charge in [-0.25, -0.2) is 0 Å². The lowest BCUT2D eigenvalue weighted by Crippen LogP contribution is -2.35. The van der Waals surface area contributed by atoms with Gasteiger partial charge in [0.05, 0.1) is 17.5 Å². The van der Waals surface area contributed by atoms with E-state index in [-0.39, 0.29) is 17.1 Å². The van der Waals surface area contributed by atoms with E-state index in [2.05, 4.69) is 28.5 Å². The summed E-state index contributed by atoms with van der Waals surface area (Å²) < 4.78 is 5.80. The van der Waals surface area contributed by atoms with Crippen LogP contribution in [0, 0.1) is 0 Å². The maximum Gasteiger partial charge on any atom is 0.257 e. The predicted octanol–water partition coefficient (Wildman–Crippen LogP) is 4.98. The monoisotopic (exact) mass is 411 g/mol. The van der Waals surface area contributed by atoms with E-state index in [1.54, 1.807) is 12.1 Å². The summed E-state index contributed by atoms with van der Waals surface area (Å²) in [6.07, 6.45) is 4.68. The summed E-state index contributed by atoms with van der Waals surface area (Å²) in [6.45, 7) is 6.15. The van der Waals surface area contributed by atoms with Gasteiger partial charge in [0.1, 0.15) is 5.75 Å². The Hall–Kier alpha value is -2.60. The van der Waals surface area contributed by atoms with Crippen LogP contribution in [0.5, 0.6) is 5.75 Å². The van der Waals surface area contributed by atoms with E-state index in [9.17, 15) is 4.79 Å². The maximum absolute atomic E-state index is 12.6. The molecule has 5 nitrogen and oxygen atoms in total. The van der Waals surface area contributed by atoms with Crippen LogP contribution < -0.4 is 20.3 Å². The molecule has 1 atom stereocenters. The van der Waals surface area contributed by atoms with Crippen LogP contribution >= 0.6 is 12.2 Å². The highest BCUT2D eigenvalue weighted by molar-refractivity contribution is 7.80. The summed E-state index contributed by atoms with van der Waals surface area (Å²) in [4.78, 5) is 15.0. The molecule has 29 heavy (non-hydrogen) atoms. The number of ether oxygens (including phenoxy) is 1. The summed E-state index contributed by atoms with van der Waals surface area (Å²) in [6, 6.07) is 15.2. The molecule has 1 saturated heterocycles. The van der Waals surface area contributed by atoms with E-state index < -0.39 is 0 Å². The first-order chi connectivity index (χ1) is 14.1. The maximum atomic E-state index is 12.6. The van der Waals surface area contributed by atoms with Gasteiger partial charge in [-0.15, -0.1) is 0 Å². The molecule has 2 aromatic rings. The summed E-state index contributed by atoms with van der Waals surface area (Å²) >= 11 is 5.40. The van der Waals surface area contributed by atoms with Crippen molar-refractivity contribution >= 4 is 34.6 Å². The van der Waals surface area contributed by atoms with Crippen LogP contribution in [0.1, 0.15) is 49.9 Å². The summed E-state index contributed by atoms with van der Waals surface area (Å²) in [7, 11) is 0. The molecule has 154 valence electrons. The van der Waals surface area contributed by atoms with Crippen LogP contribution in [-0.2, 0) is 0 Å². The highest BCUT2D eigenvalue weighted by atomic mass is 32.1. The number of anilines is 2. The molecular weight excluding hydrogens is 382 g/mol. The quantitative estimate of drug-likeness (QED) is 0.657. The lowest BCUT2D eigenvalue weighted by atomic mass is 10.1. The molecule has 1 fully saturated rings. The van der Waals surface area contributed by atoms with Crippen LogP contribution in [0.3, 0.4) is 0 Å². The van der Waals surface area contributed by atoms with Crippen LogP contribution in [0.15, 0.2) is 48.5 Å². The van der Waals surface area contributed by atoms with Gasteiger partial charge < -0.3 is 15.0 Å². The molecule has 1 aliphatic rings. The molecule has 1 aliphatic heterocycles. The fraction of sp³-hybridized carbons (Fsp3) is 0.391. The van der Waals surface area contributed by atoms with Gasteiger partial charge in [-0.2, -0.15) is 0 Å². The number of hydrogen-bond donors (Lipinski definition) is 2. The van der Waals surface area contributed by atoms with E-state index in [1.165, 1.54) is 19.3 Å². The standard InChI is InChI=1S/C23H29N3O2S/c1-3-17(2)28-19-11-9-10-18(16-19)22(27)25-23(29)24-20-12-5-6-13-21(20)26-14-7-4-8-15-26/h5-6,9-13,16-17H,3-4,7-8,14-15H2,1-2H3,(H2,24,25,27,29). The number of para-hydroxylation sites is 2. The molecule has 0 radical (unpaired) electrons. The van der Waals surface area contributed by atoms with Crippen LogP contribution in [0.2, 0.25) is 0 Å². The topological polar surface area (TPSA) is 53.6 Å². The molecule has 2 N–H and O–H groups in total. The first-order valence-electron chi connectivity index (χ1n) is 10.3. The Kier molecular flexibility index (Phi) is 7.47. The molecule has 0 spiro atoms. The van der Waals surface area contributed by atoms with Crippen LogP contribution in [0.4, 0.5) is 11.4 Å². The van der Waals surface area contributed by atoms with Gasteiger partial charge in [-0.1, -0.05) is 25.1 Å². The second-order valence-corrected chi connectivity index (χ2v) is 7.75. The van der Waals surface area contributed by atoms with Gasteiger partial charge in [-0.3, -0.25) is 10.1 Å². The van der Waals surface area contributed by atoms with Gasteiger partial charge in [-0.05, 0) is 75.2 Å². The van der Waals surface area contributed by atoms with Crippen molar-refractivity contribution in [2.24, 2.45) is 0 Å². The van der Waals surface area contributed by atoms with Crippen molar-refractivity contribution in [2.75, 3.05) is 23.3 Å². The minimum Gasteiger partial charge on any atom is -0.491 e. The van der Waals surface area contributed by atoms with Gasteiger partial charge in [0, 0.05) is 18.7 Å². The van der Waals surface area contributed by atoms with Gasteiger partial charge in [0.15, 0.2) is 5.11 Å². The Morgan fingerprint density at radius 3 is 2.66 bits per heavy atom. The van der Waals surface area contributed by atoms with Crippen molar-refractivity contribution < 1.29 is 9.53 Å². The third kappa shape index (κ3) is 5.94. The number of amides is 1. The zero-order valence-corrected chi connectivity index (χ0v) is 17.9. The average Bonchev–Trinajstić information content (AvgIpc) is 2.74. The van der Waals surface area contributed by atoms with Gasteiger partial charge >= 0.3 is 0 Å². The molecule has 3 rings (SSSR count). The fourth-order valence-electron chi connectivity index (χ4n) is 3.35. The summed E-state index contributed by atoms with van der Waals surface area (Å²) in [5.74, 6) is 0.425. The molecule has 2 aromatic carbocycles. The fourth-order valence-corrected chi connectivity index (χ4v) is 3.55. The second kappa shape index (κ2) is 10.3. The van der Waals surface area contributed by atoms with Gasteiger partial charge in [0.25, 0.3) is 5.91 Å². The Morgan fingerprint density at radius 2 is 1.90 bits per heavy atom. The zero-order chi connectivity index (χ0) is 20.6. The highest BCUT2D eigenvalue weighted by Gasteiger charge is 2.16. The van der Waals surface area contributed by atoms with Crippen molar-refractivity contribution in [1.82, 2.24) is 5.32 Å². The normalized spacial score (nSPS) is 14.8. The summed E-state index contributed by atoms with van der Waals surface area (Å²) in [5, 5.41) is 6.25. The van der Waals surface area contributed by atoms with Crippen molar-refractivity contribution in [2.45, 2.75) is 45.6 Å². The Labute approximate surface area is 178 Å². The summed E-state index contributed by atoms with van der Waals surface area (Å²) in [5.41, 5.74) is 2.54. The zero-order valence-electron chi connectivity index (χ0n) is 17.1. The number of carbonyl (C=O) groups is 1. The second-order valence-electron chi connectivity index (χ2n) is 7.34. The Bertz CT molecular complexity index is 850. The van der Waals surface area contributed by atoms with Crippen molar-refractivity contribution in [3.63, 3.8) is 0 Å². The minimum atomic E-state index is -0.257. The van der Waals surface area contributed by atoms with Crippen molar-refractivity contribution in [1.29, 1.82) is 0 Å². The predicted molar refractivity (Wildman–Crippen MR) is 123 cm³/mol. The average molecular weight is 412 g/mol. The molecule has 1 unspecified atom stereocenters. The van der Waals surface area contributed by atoms with Gasteiger partial charge in [0.2, 0.25) is 0 Å². The third-order valence-corrected chi connectivity index (χ3v) is 5.29. The van der Waals surface area contributed by atoms with Crippen LogP contribution in [-0.4, -0.2) is 30.2 Å². The number of piperidine rings is 1. The molecule has 0 aliphatic carbocycles. The van der Waals surface area contributed by atoms with E-state index in [4.69, 9.17) is 17.0 Å². The molecule has 0 bridgehead atoms. The van der Waals surface area contributed by atoms with E-state index in [0.29, 0.717) is 11.3 Å². The number of thiocarbonyl (C=S) groups is 1. The first kappa shape index (κ1) is 21.1. The molecule has 0 aromatic heterocycles. The minimum absolute atomic E-state index is 0.0994. The van der Waals surface area contributed by atoms with Crippen LogP contribution in [0.25, 0.3) is 0 Å². The van der Waals surface area contributed by atoms with Crippen molar-refractivity contribution in [3.05, 3.63) is 54.1 Å². The first-order valence-corrected chi connectivity index (χ1v) is 10.7. The number of nitrogens with zero attached hydrogens (tertiary/aromatic N) is 1. The molecule has 0 saturated carbocycles. The lowest BCUT2D eigenvalue weighted by molar-refractivity contribution is 0.0977. The number of nitrogens with one attached hydrogen (secondary N) is 2. The van der Waals surface area contributed by atoms with E-state index in [0.717, 1.165) is 30.9 Å². The van der Waals surface area contributed by atoms with Crippen molar-refractivity contribution in [3.8, 4) is 5.75 Å². The number of hydrogen-bond acceptors (Lipinski definition) is 4.